The van der Waals surface area contributed by atoms with Crippen molar-refractivity contribution in [3.8, 4) is 11.4 Å². The van der Waals surface area contributed by atoms with Gasteiger partial charge in [-0.3, -0.25) is 4.79 Å². The Morgan fingerprint density at radius 1 is 1.06 bits per heavy atom. The van der Waals surface area contributed by atoms with Crippen LogP contribution >= 0.6 is 0 Å². The summed E-state index contributed by atoms with van der Waals surface area (Å²) in [5.74, 6) is 1.25. The van der Waals surface area contributed by atoms with Gasteiger partial charge in [-0.2, -0.15) is 4.98 Å². The van der Waals surface area contributed by atoms with Crippen molar-refractivity contribution >= 4 is 17.7 Å². The first-order valence-electron chi connectivity index (χ1n) is 10.1. The number of benzene rings is 1. The van der Waals surface area contributed by atoms with Crippen molar-refractivity contribution in [3.63, 3.8) is 0 Å². The van der Waals surface area contributed by atoms with E-state index >= 15 is 0 Å². The monoisotopic (exact) mass is 421 g/mol. The summed E-state index contributed by atoms with van der Waals surface area (Å²) in [4.78, 5) is 37.7. The number of carbonyl (C=O) groups excluding carboxylic acids is 2. The largest absolute Gasteiger partial charge is 0.465 e. The molecule has 160 valence electrons. The van der Waals surface area contributed by atoms with Crippen LogP contribution in [0.25, 0.3) is 11.4 Å². The van der Waals surface area contributed by atoms with Crippen LogP contribution < -0.4 is 4.90 Å². The van der Waals surface area contributed by atoms with Crippen LogP contribution in [0.15, 0.2) is 47.1 Å². The summed E-state index contributed by atoms with van der Waals surface area (Å²) in [6.07, 6.45) is 2.41. The summed E-state index contributed by atoms with van der Waals surface area (Å²) in [6.45, 7) is 4.30. The van der Waals surface area contributed by atoms with Gasteiger partial charge in [0.25, 0.3) is 5.91 Å². The van der Waals surface area contributed by atoms with Crippen LogP contribution in [0.5, 0.6) is 0 Å². The third kappa shape index (κ3) is 4.25. The third-order valence-corrected chi connectivity index (χ3v) is 5.23. The highest BCUT2D eigenvalue weighted by molar-refractivity contribution is 6.05. The zero-order valence-electron chi connectivity index (χ0n) is 17.4. The molecular formula is C22H23N5O4. The molecule has 0 saturated carbocycles. The zero-order chi connectivity index (χ0) is 21.8. The van der Waals surface area contributed by atoms with E-state index in [-0.39, 0.29) is 11.5 Å². The van der Waals surface area contributed by atoms with Gasteiger partial charge in [-0.1, -0.05) is 24.2 Å². The van der Waals surface area contributed by atoms with Crippen LogP contribution in [0.3, 0.4) is 0 Å². The lowest BCUT2D eigenvalue weighted by Gasteiger charge is -2.35. The first kappa shape index (κ1) is 20.5. The molecule has 0 unspecified atom stereocenters. The topological polar surface area (TPSA) is 102 Å². The van der Waals surface area contributed by atoms with Crippen molar-refractivity contribution < 1.29 is 18.8 Å². The average Bonchev–Trinajstić information content (AvgIpc) is 3.33. The molecule has 0 spiro atoms. The molecule has 31 heavy (non-hydrogen) atoms. The number of ether oxygens (including phenoxy) is 1. The lowest BCUT2D eigenvalue weighted by Crippen LogP contribution is -2.49. The molecule has 1 aliphatic rings. The van der Waals surface area contributed by atoms with Gasteiger partial charge in [-0.25, -0.2) is 9.78 Å². The van der Waals surface area contributed by atoms with Crippen molar-refractivity contribution in [2.24, 2.45) is 0 Å². The van der Waals surface area contributed by atoms with Crippen LogP contribution in [-0.4, -0.2) is 65.2 Å². The maximum Gasteiger partial charge on any atom is 0.338 e. The summed E-state index contributed by atoms with van der Waals surface area (Å²) < 4.78 is 9.95. The Labute approximate surface area is 179 Å². The first-order valence-corrected chi connectivity index (χ1v) is 10.1. The number of anilines is 1. The number of rotatable bonds is 5. The Hall–Kier alpha value is -3.75. The molecule has 3 aromatic rings. The van der Waals surface area contributed by atoms with Gasteiger partial charge in [0.2, 0.25) is 11.7 Å². The Morgan fingerprint density at radius 2 is 1.81 bits per heavy atom. The van der Waals surface area contributed by atoms with Crippen LogP contribution in [0, 0.1) is 0 Å². The minimum Gasteiger partial charge on any atom is -0.465 e. The molecule has 1 aliphatic heterocycles. The van der Waals surface area contributed by atoms with E-state index < -0.39 is 5.97 Å². The predicted octanol–water partition coefficient (Wildman–Crippen LogP) is 2.44. The van der Waals surface area contributed by atoms with E-state index in [2.05, 4.69) is 20.0 Å². The number of hydrogen-bond acceptors (Lipinski definition) is 8. The third-order valence-electron chi connectivity index (χ3n) is 5.23. The van der Waals surface area contributed by atoms with Crippen LogP contribution in [-0.2, 0) is 11.2 Å². The van der Waals surface area contributed by atoms with Gasteiger partial charge in [-0.15, -0.1) is 0 Å². The second kappa shape index (κ2) is 8.95. The number of pyridine rings is 1. The molecule has 0 radical (unpaired) electrons. The van der Waals surface area contributed by atoms with Gasteiger partial charge in [0, 0.05) is 44.4 Å². The second-order valence-electron chi connectivity index (χ2n) is 7.09. The lowest BCUT2D eigenvalue weighted by atomic mass is 10.1. The quantitative estimate of drug-likeness (QED) is 0.579. The number of esters is 1. The van der Waals surface area contributed by atoms with Crippen LogP contribution in [0.2, 0.25) is 0 Å². The molecule has 3 heterocycles. The average molecular weight is 421 g/mol. The Kier molecular flexibility index (Phi) is 5.92. The molecule has 2 aromatic heterocycles. The van der Waals surface area contributed by atoms with Gasteiger partial charge in [0.15, 0.2) is 0 Å². The standard InChI is InChI=1S/C22H23N5O4/c1-3-19-24-20(25-31-19)15-8-9-18(23-14-15)26-10-12-27(13-11-26)21(28)16-6-4-5-7-17(16)22(29)30-2/h4-9,14H,3,10-13H2,1-2H3. The number of amides is 1. The maximum atomic E-state index is 13.0. The minimum absolute atomic E-state index is 0.173. The van der Waals surface area contributed by atoms with Gasteiger partial charge in [0.05, 0.1) is 18.2 Å². The van der Waals surface area contributed by atoms with Gasteiger partial charge < -0.3 is 19.1 Å². The van der Waals surface area contributed by atoms with Gasteiger partial charge in [-0.05, 0) is 24.3 Å². The Balaban J connectivity index is 1.41. The second-order valence-corrected chi connectivity index (χ2v) is 7.09. The maximum absolute atomic E-state index is 13.0. The number of hydrogen-bond donors (Lipinski definition) is 0. The number of aromatic nitrogens is 3. The molecule has 0 atom stereocenters. The van der Waals surface area contributed by atoms with E-state index in [1.54, 1.807) is 35.4 Å². The summed E-state index contributed by atoms with van der Waals surface area (Å²) in [7, 11) is 1.31. The molecule has 1 amide bonds. The van der Waals surface area contributed by atoms with Crippen molar-refractivity contribution in [2.45, 2.75) is 13.3 Å². The van der Waals surface area contributed by atoms with Crippen molar-refractivity contribution in [1.29, 1.82) is 0 Å². The molecular weight excluding hydrogens is 398 g/mol. The van der Waals surface area contributed by atoms with E-state index in [1.165, 1.54) is 7.11 Å². The molecule has 1 aromatic carbocycles. The molecule has 9 heteroatoms. The van der Waals surface area contributed by atoms with Gasteiger partial charge in [0.1, 0.15) is 5.82 Å². The fourth-order valence-electron chi connectivity index (χ4n) is 3.49. The highest BCUT2D eigenvalue weighted by Crippen LogP contribution is 2.21. The summed E-state index contributed by atoms with van der Waals surface area (Å²) >= 11 is 0. The smallest absolute Gasteiger partial charge is 0.338 e. The Morgan fingerprint density at radius 3 is 2.42 bits per heavy atom. The van der Waals surface area contributed by atoms with Crippen LogP contribution in [0.1, 0.15) is 33.5 Å². The summed E-state index contributed by atoms with van der Waals surface area (Å²) in [5.41, 5.74) is 1.43. The Bertz CT molecular complexity index is 1070. The molecule has 4 rings (SSSR count). The first-order chi connectivity index (χ1) is 15.1. The van der Waals surface area contributed by atoms with E-state index in [1.807, 2.05) is 19.1 Å². The summed E-state index contributed by atoms with van der Waals surface area (Å²) in [6, 6.07) is 10.6. The zero-order valence-corrected chi connectivity index (χ0v) is 17.4. The van der Waals surface area contributed by atoms with Gasteiger partial charge >= 0.3 is 5.97 Å². The van der Waals surface area contributed by atoms with Crippen molar-refractivity contribution in [2.75, 3.05) is 38.2 Å². The normalized spacial score (nSPS) is 13.9. The minimum atomic E-state index is -0.514. The van der Waals surface area contributed by atoms with E-state index in [4.69, 9.17) is 9.26 Å². The fraction of sp³-hybridized carbons (Fsp3) is 0.318. The lowest BCUT2D eigenvalue weighted by molar-refractivity contribution is 0.0589. The number of methoxy groups -OCH3 is 1. The molecule has 0 aliphatic carbocycles. The number of carbonyl (C=O) groups is 2. The molecule has 1 fully saturated rings. The summed E-state index contributed by atoms with van der Waals surface area (Å²) in [5, 5.41) is 3.97. The molecule has 9 nitrogen and oxygen atoms in total. The fourth-order valence-corrected chi connectivity index (χ4v) is 3.49. The number of piperazine rings is 1. The number of aryl methyl sites for hydroxylation is 1. The molecule has 1 saturated heterocycles. The molecule has 0 N–H and O–H groups in total. The van der Waals surface area contributed by atoms with E-state index in [9.17, 15) is 9.59 Å². The SMILES string of the molecule is CCc1nc(-c2ccc(N3CCN(C(=O)c4ccccc4C(=O)OC)CC3)nc2)no1. The van der Waals surface area contributed by atoms with Crippen LogP contribution in [0.4, 0.5) is 5.82 Å². The van der Waals surface area contributed by atoms with Crippen molar-refractivity contribution in [3.05, 3.63) is 59.6 Å². The number of nitrogens with zero attached hydrogens (tertiary/aromatic N) is 5. The van der Waals surface area contributed by atoms with E-state index in [0.717, 1.165) is 11.4 Å². The van der Waals surface area contributed by atoms with Crippen molar-refractivity contribution in [1.82, 2.24) is 20.0 Å². The van der Waals surface area contributed by atoms with E-state index in [0.29, 0.717) is 49.9 Å². The highest BCUT2D eigenvalue weighted by atomic mass is 16.5. The molecule has 0 bridgehead atoms. The predicted molar refractivity (Wildman–Crippen MR) is 113 cm³/mol. The highest BCUT2D eigenvalue weighted by Gasteiger charge is 2.26.